The summed E-state index contributed by atoms with van der Waals surface area (Å²) in [6, 6.07) is 17.1. The summed E-state index contributed by atoms with van der Waals surface area (Å²) >= 11 is 0. The van der Waals surface area contributed by atoms with E-state index in [1.165, 1.54) is 0 Å². The Kier molecular flexibility index (Phi) is 7.89. The van der Waals surface area contributed by atoms with Gasteiger partial charge in [-0.05, 0) is 42.5 Å². The molecule has 1 N–H and O–H groups in total. The van der Waals surface area contributed by atoms with Crippen molar-refractivity contribution in [2.75, 3.05) is 7.11 Å². The highest BCUT2D eigenvalue weighted by Gasteiger charge is 2.30. The summed E-state index contributed by atoms with van der Waals surface area (Å²) in [4.78, 5) is 28.2. The molecular weight excluding hydrogens is 376 g/mol. The Balaban J connectivity index is 1.81. The maximum atomic E-state index is 13.3. The predicted molar refractivity (Wildman–Crippen MR) is 118 cm³/mol. The lowest BCUT2D eigenvalue weighted by molar-refractivity contribution is -0.141. The van der Waals surface area contributed by atoms with Gasteiger partial charge in [0.2, 0.25) is 11.8 Å². The molecule has 160 valence electrons. The topological polar surface area (TPSA) is 58.6 Å². The number of nitrogens with one attached hydrogen (secondary N) is 1. The predicted octanol–water partition coefficient (Wildman–Crippen LogP) is 4.10. The SMILES string of the molecule is CC[C@@H](C(=O)NC1CCCC1)N(Cc1cccc(OC)c1)C(=O)Cc1ccccc1. The number of methoxy groups -OCH3 is 1. The molecule has 1 atom stereocenters. The normalized spacial score (nSPS) is 14.9. The number of carbonyl (C=O) groups excluding carboxylic acids is 2. The number of rotatable bonds is 9. The maximum absolute atomic E-state index is 13.3. The zero-order chi connectivity index (χ0) is 21.3. The number of hydrogen-bond donors (Lipinski definition) is 1. The van der Waals surface area contributed by atoms with Gasteiger partial charge in [0.1, 0.15) is 11.8 Å². The molecule has 1 saturated carbocycles. The number of nitrogens with zero attached hydrogens (tertiary/aromatic N) is 1. The molecule has 5 heteroatoms. The number of ether oxygens (including phenoxy) is 1. The first kappa shape index (κ1) is 21.9. The lowest BCUT2D eigenvalue weighted by atomic mass is 10.1. The molecule has 3 rings (SSSR count). The average Bonchev–Trinajstić information content (AvgIpc) is 3.27. The third-order valence-corrected chi connectivity index (χ3v) is 5.77. The van der Waals surface area contributed by atoms with Gasteiger partial charge >= 0.3 is 0 Å². The van der Waals surface area contributed by atoms with Crippen LogP contribution in [0.15, 0.2) is 54.6 Å². The van der Waals surface area contributed by atoms with Crippen molar-refractivity contribution in [3.63, 3.8) is 0 Å². The monoisotopic (exact) mass is 408 g/mol. The number of hydrogen-bond acceptors (Lipinski definition) is 3. The smallest absolute Gasteiger partial charge is 0.243 e. The Morgan fingerprint density at radius 2 is 1.77 bits per heavy atom. The van der Waals surface area contributed by atoms with Gasteiger partial charge in [-0.3, -0.25) is 9.59 Å². The second-order valence-electron chi connectivity index (χ2n) is 7.95. The second-order valence-corrected chi connectivity index (χ2v) is 7.95. The van der Waals surface area contributed by atoms with Crippen LogP contribution in [0.3, 0.4) is 0 Å². The zero-order valence-corrected chi connectivity index (χ0v) is 18.0. The summed E-state index contributed by atoms with van der Waals surface area (Å²) in [7, 11) is 1.63. The van der Waals surface area contributed by atoms with Crippen molar-refractivity contribution in [2.24, 2.45) is 0 Å². The van der Waals surface area contributed by atoms with E-state index >= 15 is 0 Å². The summed E-state index contributed by atoms with van der Waals surface area (Å²) in [5.41, 5.74) is 1.90. The van der Waals surface area contributed by atoms with Crippen molar-refractivity contribution >= 4 is 11.8 Å². The fraction of sp³-hybridized carbons (Fsp3) is 0.440. The molecule has 2 amide bonds. The summed E-state index contributed by atoms with van der Waals surface area (Å²) in [5.74, 6) is 0.651. The lowest BCUT2D eigenvalue weighted by Gasteiger charge is -2.31. The van der Waals surface area contributed by atoms with Gasteiger partial charge < -0.3 is 15.0 Å². The molecule has 5 nitrogen and oxygen atoms in total. The Morgan fingerprint density at radius 1 is 1.07 bits per heavy atom. The molecule has 1 fully saturated rings. The van der Waals surface area contributed by atoms with E-state index in [0.29, 0.717) is 13.0 Å². The third-order valence-electron chi connectivity index (χ3n) is 5.77. The molecule has 1 aliphatic rings. The molecular formula is C25H32N2O3. The molecule has 0 unspecified atom stereocenters. The molecule has 0 aromatic heterocycles. The first-order chi connectivity index (χ1) is 14.6. The summed E-state index contributed by atoms with van der Waals surface area (Å²) in [5, 5.41) is 3.18. The van der Waals surface area contributed by atoms with Crippen LogP contribution in [-0.4, -0.2) is 35.9 Å². The summed E-state index contributed by atoms with van der Waals surface area (Å²) in [6.07, 6.45) is 5.21. The van der Waals surface area contributed by atoms with Gasteiger partial charge in [0, 0.05) is 12.6 Å². The van der Waals surface area contributed by atoms with Crippen molar-refractivity contribution in [3.05, 3.63) is 65.7 Å². The van der Waals surface area contributed by atoms with Crippen LogP contribution >= 0.6 is 0 Å². The van der Waals surface area contributed by atoms with Crippen LogP contribution in [0.4, 0.5) is 0 Å². The van der Waals surface area contributed by atoms with Crippen molar-refractivity contribution in [1.29, 1.82) is 0 Å². The highest BCUT2D eigenvalue weighted by molar-refractivity contribution is 5.88. The van der Waals surface area contributed by atoms with Crippen LogP contribution in [0.2, 0.25) is 0 Å². The van der Waals surface area contributed by atoms with Gasteiger partial charge in [-0.15, -0.1) is 0 Å². The second kappa shape index (κ2) is 10.8. The first-order valence-corrected chi connectivity index (χ1v) is 10.9. The van der Waals surface area contributed by atoms with E-state index in [1.54, 1.807) is 12.0 Å². The molecule has 1 aliphatic carbocycles. The average molecular weight is 409 g/mol. The van der Waals surface area contributed by atoms with E-state index in [9.17, 15) is 9.59 Å². The highest BCUT2D eigenvalue weighted by atomic mass is 16.5. The van der Waals surface area contributed by atoms with Gasteiger partial charge in [0.25, 0.3) is 0 Å². The van der Waals surface area contributed by atoms with Gasteiger partial charge in [-0.25, -0.2) is 0 Å². The van der Waals surface area contributed by atoms with Crippen LogP contribution in [0, 0.1) is 0 Å². The van der Waals surface area contributed by atoms with Crippen LogP contribution in [0.5, 0.6) is 5.75 Å². The number of carbonyl (C=O) groups is 2. The van der Waals surface area contributed by atoms with E-state index in [4.69, 9.17) is 4.74 Å². The fourth-order valence-corrected chi connectivity index (χ4v) is 4.13. The van der Waals surface area contributed by atoms with E-state index in [-0.39, 0.29) is 24.3 Å². The minimum absolute atomic E-state index is 0.0440. The van der Waals surface area contributed by atoms with Gasteiger partial charge in [0.15, 0.2) is 0 Å². The van der Waals surface area contributed by atoms with Crippen molar-refractivity contribution in [1.82, 2.24) is 10.2 Å². The molecule has 0 aliphatic heterocycles. The van der Waals surface area contributed by atoms with Gasteiger partial charge in [0.05, 0.1) is 13.5 Å². The lowest BCUT2D eigenvalue weighted by Crippen LogP contribution is -2.51. The van der Waals surface area contributed by atoms with Crippen molar-refractivity contribution in [2.45, 2.75) is 64.1 Å². The maximum Gasteiger partial charge on any atom is 0.243 e. The van der Waals surface area contributed by atoms with Gasteiger partial charge in [-0.2, -0.15) is 0 Å². The Labute approximate surface area is 179 Å². The molecule has 0 radical (unpaired) electrons. The van der Waals surface area contributed by atoms with Gasteiger partial charge in [-0.1, -0.05) is 62.2 Å². The molecule has 0 spiro atoms. The van der Waals surface area contributed by atoms with Crippen LogP contribution < -0.4 is 10.1 Å². The largest absolute Gasteiger partial charge is 0.497 e. The molecule has 2 aromatic rings. The minimum Gasteiger partial charge on any atom is -0.497 e. The van der Waals surface area contributed by atoms with Crippen LogP contribution in [-0.2, 0) is 22.6 Å². The van der Waals surface area contributed by atoms with E-state index in [1.807, 2.05) is 61.5 Å². The zero-order valence-electron chi connectivity index (χ0n) is 18.0. The standard InChI is InChI=1S/C25H32N2O3/c1-3-23(25(29)26-21-13-7-8-14-21)27(18-20-12-9-15-22(16-20)30-2)24(28)17-19-10-5-4-6-11-19/h4-6,9-12,15-16,21,23H,3,7-8,13-14,17-18H2,1-2H3,(H,26,29)/t23-/m0/s1. The fourth-order valence-electron chi connectivity index (χ4n) is 4.13. The molecule has 2 aromatic carbocycles. The van der Waals surface area contributed by atoms with E-state index < -0.39 is 6.04 Å². The summed E-state index contributed by atoms with van der Waals surface area (Å²) in [6.45, 7) is 2.34. The first-order valence-electron chi connectivity index (χ1n) is 10.9. The quantitative estimate of drug-likeness (QED) is 0.679. The molecule has 0 bridgehead atoms. The van der Waals surface area contributed by atoms with E-state index in [2.05, 4.69) is 5.32 Å². The molecule has 30 heavy (non-hydrogen) atoms. The van der Waals surface area contributed by atoms with Crippen LogP contribution in [0.1, 0.15) is 50.2 Å². The molecule has 0 heterocycles. The molecule has 0 saturated heterocycles. The summed E-state index contributed by atoms with van der Waals surface area (Å²) < 4.78 is 5.33. The Morgan fingerprint density at radius 3 is 2.43 bits per heavy atom. The highest BCUT2D eigenvalue weighted by Crippen LogP contribution is 2.21. The number of benzene rings is 2. The van der Waals surface area contributed by atoms with E-state index in [0.717, 1.165) is 42.6 Å². The van der Waals surface area contributed by atoms with Crippen molar-refractivity contribution < 1.29 is 14.3 Å². The minimum atomic E-state index is -0.493. The Hall–Kier alpha value is -2.82. The van der Waals surface area contributed by atoms with Crippen molar-refractivity contribution in [3.8, 4) is 5.75 Å². The number of amides is 2. The van der Waals surface area contributed by atoms with Crippen LogP contribution in [0.25, 0.3) is 0 Å². The third kappa shape index (κ3) is 5.85. The Bertz CT molecular complexity index is 831.